The van der Waals surface area contributed by atoms with E-state index in [0.717, 1.165) is 0 Å². The Labute approximate surface area is 184 Å². The van der Waals surface area contributed by atoms with Gasteiger partial charge in [0.15, 0.2) is 6.23 Å². The summed E-state index contributed by atoms with van der Waals surface area (Å²) in [6, 6.07) is 1.20. The van der Waals surface area contributed by atoms with Crippen LogP contribution in [0.4, 0.5) is 10.2 Å². The molecule has 1 aromatic rings. The summed E-state index contributed by atoms with van der Waals surface area (Å²) in [5, 5.41) is 10.4. The Bertz CT molecular complexity index is 1180. The van der Waals surface area contributed by atoms with Crippen LogP contribution < -0.4 is 11.4 Å². The molecule has 1 fully saturated rings. The summed E-state index contributed by atoms with van der Waals surface area (Å²) >= 11 is 0. The minimum atomic E-state index is -5.79. The number of hydrogen-bond acceptors (Lipinski definition) is 11. The molecule has 186 valence electrons. The molecule has 0 bridgehead atoms. The monoisotopic (exact) mass is 537 g/mol. The highest BCUT2D eigenvalue weighted by molar-refractivity contribution is 7.66. The van der Waals surface area contributed by atoms with Crippen molar-refractivity contribution in [3.63, 3.8) is 0 Å². The second-order valence-electron chi connectivity index (χ2n) is 6.48. The second-order valence-corrected chi connectivity index (χ2v) is 10.9. The summed E-state index contributed by atoms with van der Waals surface area (Å²) in [4.78, 5) is 51.4. The van der Waals surface area contributed by atoms with Crippen LogP contribution >= 0.6 is 23.5 Å². The van der Waals surface area contributed by atoms with Gasteiger partial charge in [0, 0.05) is 5.69 Å². The summed E-state index contributed by atoms with van der Waals surface area (Å²) in [6.45, 7) is 1.41. The van der Waals surface area contributed by atoms with Crippen LogP contribution in [-0.2, 0) is 31.6 Å². The maximum absolute atomic E-state index is 15.7. The van der Waals surface area contributed by atoms with Crippen LogP contribution in [0.1, 0.15) is 18.8 Å². The minimum Gasteiger partial charge on any atom is -0.386 e. The fourth-order valence-electron chi connectivity index (χ4n) is 2.85. The van der Waals surface area contributed by atoms with E-state index >= 15 is 4.39 Å². The number of hydrogen-bond donors (Lipinski definition) is 6. The predicted octanol–water partition coefficient (Wildman–Crippen LogP) is -0.533. The van der Waals surface area contributed by atoms with Crippen LogP contribution in [0, 0.1) is 18.8 Å². The van der Waals surface area contributed by atoms with Crippen molar-refractivity contribution in [2.24, 2.45) is 0 Å². The number of phosphoric acid groups is 3. The first-order chi connectivity index (χ1) is 14.9. The third-order valence-corrected chi connectivity index (χ3v) is 7.78. The fourth-order valence-corrected chi connectivity index (χ4v) is 5.88. The van der Waals surface area contributed by atoms with Crippen molar-refractivity contribution in [3.05, 3.63) is 22.2 Å². The molecule has 0 aromatic carbocycles. The zero-order valence-electron chi connectivity index (χ0n) is 16.7. The van der Waals surface area contributed by atoms with E-state index in [1.54, 1.807) is 0 Å². The van der Waals surface area contributed by atoms with Gasteiger partial charge < -0.3 is 35.2 Å². The first kappa shape index (κ1) is 27.7. The first-order valence-electron chi connectivity index (χ1n) is 8.51. The molecule has 7 N–H and O–H groups in total. The molecular weight excluding hydrogens is 518 g/mol. The second kappa shape index (κ2) is 9.63. The molecule has 0 aliphatic carbocycles. The average Bonchev–Trinajstić information content (AvgIpc) is 2.81. The lowest BCUT2D eigenvalue weighted by molar-refractivity contribution is -0.0543. The third-order valence-electron chi connectivity index (χ3n) is 3.98. The van der Waals surface area contributed by atoms with Crippen molar-refractivity contribution in [2.45, 2.75) is 38.0 Å². The van der Waals surface area contributed by atoms with Gasteiger partial charge in [0.05, 0.1) is 6.61 Å². The Kier molecular flexibility index (Phi) is 8.10. The third kappa shape index (κ3) is 6.77. The molecule has 1 saturated heterocycles. The number of nitrogens with zero attached hydrogens (tertiary/aromatic N) is 2. The summed E-state index contributed by atoms with van der Waals surface area (Å²) in [6.07, 6.45) is -5.91. The molecule has 3 unspecified atom stereocenters. The van der Waals surface area contributed by atoms with Crippen molar-refractivity contribution >= 4 is 29.3 Å². The van der Waals surface area contributed by atoms with Gasteiger partial charge in [-0.2, -0.15) is 13.6 Å². The zero-order valence-corrected chi connectivity index (χ0v) is 19.4. The van der Waals surface area contributed by atoms with Crippen LogP contribution in [0.2, 0.25) is 0 Å². The van der Waals surface area contributed by atoms with Crippen LogP contribution in [0.15, 0.2) is 10.9 Å². The zero-order chi connectivity index (χ0) is 25.4. The van der Waals surface area contributed by atoms with Crippen molar-refractivity contribution in [3.8, 4) is 11.8 Å². The molecule has 16 nitrogen and oxygen atoms in total. The van der Waals surface area contributed by atoms with Gasteiger partial charge in [-0.15, -0.1) is 5.92 Å². The smallest absolute Gasteiger partial charge is 0.386 e. The molecule has 1 aliphatic rings. The Hall–Kier alpha value is -1.50. The molecule has 2 heterocycles. The molecule has 0 spiro atoms. The Balaban J connectivity index is 2.28. The molecule has 0 amide bonds. The SMILES string of the molecule is CC#CC1(F)[C@@H](O)[C@@H](COP(=O)(O)OP(=O)(O)OP(=O)(O)O)O[C@H]1n1c(C)cc(N)nc1=O. The largest absolute Gasteiger partial charge is 0.490 e. The van der Waals surface area contributed by atoms with E-state index in [1.165, 1.54) is 19.9 Å². The predicted molar refractivity (Wildman–Crippen MR) is 105 cm³/mol. The number of anilines is 1. The molecule has 20 heteroatoms. The lowest BCUT2D eigenvalue weighted by Gasteiger charge is -2.25. The van der Waals surface area contributed by atoms with E-state index in [9.17, 15) is 28.5 Å². The molecular formula is C13H19FN3O13P3. The number of halogens is 1. The number of aliphatic hydroxyl groups is 1. The topological polar surface area (TPSA) is 250 Å². The summed E-state index contributed by atoms with van der Waals surface area (Å²) in [5.41, 5.74) is 1.52. The van der Waals surface area contributed by atoms with Crippen LogP contribution in [0.5, 0.6) is 0 Å². The number of alkyl halides is 1. The van der Waals surface area contributed by atoms with Crippen molar-refractivity contribution in [2.75, 3.05) is 12.3 Å². The van der Waals surface area contributed by atoms with Gasteiger partial charge in [-0.25, -0.2) is 22.9 Å². The van der Waals surface area contributed by atoms with Gasteiger partial charge in [0.25, 0.3) is 0 Å². The number of rotatable bonds is 8. The Morgan fingerprint density at radius 2 is 1.88 bits per heavy atom. The van der Waals surface area contributed by atoms with Gasteiger partial charge in [-0.3, -0.25) is 9.09 Å². The van der Waals surface area contributed by atoms with Crippen LogP contribution in [-0.4, -0.2) is 58.7 Å². The number of aliphatic hydroxyl groups excluding tert-OH is 1. The lowest BCUT2D eigenvalue weighted by atomic mass is 9.96. The quantitative estimate of drug-likeness (QED) is 0.180. The number of aryl methyl sites for hydroxylation is 1. The lowest BCUT2D eigenvalue weighted by Crippen LogP contribution is -2.45. The number of nitrogen functional groups attached to an aromatic ring is 1. The summed E-state index contributed by atoms with van der Waals surface area (Å²) < 4.78 is 67.0. The van der Waals surface area contributed by atoms with Crippen molar-refractivity contribution < 1.29 is 60.6 Å². The summed E-state index contributed by atoms with van der Waals surface area (Å²) in [5.74, 6) is 4.10. The fraction of sp³-hybridized carbons (Fsp3) is 0.538. The highest BCUT2D eigenvalue weighted by Gasteiger charge is 2.59. The molecule has 1 aromatic heterocycles. The standard InChI is InChI=1S/C13H19FN3O13P3/c1-3-4-13(14)10(18)8(28-11(13)17-7(2)5-9(15)16-12(17)19)6-27-32(23,24)30-33(25,26)29-31(20,21)22/h5,8,10-11,18H,6H2,1-2H3,(H,23,24)(H,25,26)(H2,15,16,19)(H2,20,21,22)/t8-,10+,11-,13?/m1/s1. The van der Waals surface area contributed by atoms with Crippen LogP contribution in [0.25, 0.3) is 0 Å². The van der Waals surface area contributed by atoms with E-state index in [0.29, 0.717) is 4.57 Å². The van der Waals surface area contributed by atoms with E-state index in [1.807, 2.05) is 0 Å². The van der Waals surface area contributed by atoms with E-state index < -0.39 is 59.9 Å². The van der Waals surface area contributed by atoms with E-state index in [2.05, 4.69) is 30.0 Å². The molecule has 6 atom stereocenters. The maximum atomic E-state index is 15.7. The molecule has 33 heavy (non-hydrogen) atoms. The molecule has 0 radical (unpaired) electrons. The van der Waals surface area contributed by atoms with Gasteiger partial charge in [0.1, 0.15) is 18.0 Å². The van der Waals surface area contributed by atoms with Gasteiger partial charge >= 0.3 is 29.2 Å². The minimum absolute atomic E-state index is 0.0677. The summed E-state index contributed by atoms with van der Waals surface area (Å²) in [7, 11) is -17.0. The Morgan fingerprint density at radius 3 is 2.39 bits per heavy atom. The number of ether oxygens (including phenoxy) is 1. The van der Waals surface area contributed by atoms with Crippen LogP contribution in [0.3, 0.4) is 0 Å². The van der Waals surface area contributed by atoms with Gasteiger partial charge in [-0.05, 0) is 19.9 Å². The van der Waals surface area contributed by atoms with Crippen molar-refractivity contribution in [1.82, 2.24) is 9.55 Å². The maximum Gasteiger partial charge on any atom is 0.490 e. The Morgan fingerprint density at radius 1 is 1.27 bits per heavy atom. The first-order valence-corrected chi connectivity index (χ1v) is 13.0. The van der Waals surface area contributed by atoms with E-state index in [-0.39, 0.29) is 11.5 Å². The molecule has 2 rings (SSSR count). The van der Waals surface area contributed by atoms with Gasteiger partial charge in [-0.1, -0.05) is 5.92 Å². The average molecular weight is 537 g/mol. The number of aromatic nitrogens is 2. The molecule has 0 saturated carbocycles. The van der Waals surface area contributed by atoms with Gasteiger partial charge in [0.2, 0.25) is 5.67 Å². The highest BCUT2D eigenvalue weighted by atomic mass is 31.3. The highest BCUT2D eigenvalue weighted by Crippen LogP contribution is 2.66. The number of nitrogens with two attached hydrogens (primary N) is 1. The van der Waals surface area contributed by atoms with E-state index in [4.69, 9.17) is 25.2 Å². The normalized spacial score (nSPS) is 29.0. The molecule has 1 aliphatic heterocycles. The number of phosphoric ester groups is 1. The van der Waals surface area contributed by atoms with Crippen molar-refractivity contribution in [1.29, 1.82) is 0 Å².